The number of nitrogens with two attached hydrogens (primary N) is 2. The van der Waals surface area contributed by atoms with Crippen molar-refractivity contribution in [3.8, 4) is 0 Å². The molecule has 5 heteroatoms. The Labute approximate surface area is 143 Å². The minimum atomic E-state index is 0.0124. The van der Waals surface area contributed by atoms with E-state index in [4.69, 9.17) is 16.9 Å². The average molecular weight is 323 g/mol. The Kier molecular flexibility index (Phi) is 6.09. The second-order valence-corrected chi connectivity index (χ2v) is 5.79. The third kappa shape index (κ3) is 4.43. The van der Waals surface area contributed by atoms with Crippen LogP contribution >= 0.6 is 0 Å². The average Bonchev–Trinajstić information content (AvgIpc) is 2.60. The first-order valence-corrected chi connectivity index (χ1v) is 7.96. The van der Waals surface area contributed by atoms with Crippen LogP contribution in [-0.4, -0.2) is 25.1 Å². The normalized spacial score (nSPS) is 17.5. The van der Waals surface area contributed by atoms with Gasteiger partial charge in [-0.1, -0.05) is 36.9 Å². The molecule has 2 rings (SSSR count). The Morgan fingerprint density at radius 1 is 1.50 bits per heavy atom. The van der Waals surface area contributed by atoms with Gasteiger partial charge in [0.05, 0.1) is 13.1 Å². The zero-order valence-corrected chi connectivity index (χ0v) is 14.0. The largest absolute Gasteiger partial charge is 0.398 e. The standard InChI is InChI=1S/C19H25N5/c1-3-13-5-4-6-15(9-13)19(22)16-10-14(7-8-17(16)20)11-24-18(21)12-23-2/h3-5,7-10,15,22-23H,1,6,11-12,20H2,2H3,(H2,21,24). The molecule has 1 aliphatic carbocycles. The summed E-state index contributed by atoms with van der Waals surface area (Å²) >= 11 is 0. The molecule has 0 heterocycles. The van der Waals surface area contributed by atoms with Crippen molar-refractivity contribution >= 4 is 17.2 Å². The molecule has 6 N–H and O–H groups in total. The predicted octanol–water partition coefficient (Wildman–Crippen LogP) is 2.40. The zero-order chi connectivity index (χ0) is 17.5. The molecule has 1 aliphatic rings. The number of nitrogen functional groups attached to an aromatic ring is 1. The van der Waals surface area contributed by atoms with Crippen LogP contribution in [0.2, 0.25) is 0 Å². The van der Waals surface area contributed by atoms with Crippen molar-refractivity contribution in [2.24, 2.45) is 16.6 Å². The van der Waals surface area contributed by atoms with Crippen molar-refractivity contribution in [3.05, 3.63) is 65.8 Å². The van der Waals surface area contributed by atoms with Crippen LogP contribution in [0.15, 0.2) is 59.6 Å². The molecule has 1 aromatic carbocycles. The molecule has 126 valence electrons. The maximum atomic E-state index is 8.55. The lowest BCUT2D eigenvalue weighted by molar-refractivity contribution is 0.856. The fourth-order valence-corrected chi connectivity index (χ4v) is 2.61. The van der Waals surface area contributed by atoms with Crippen molar-refractivity contribution < 1.29 is 0 Å². The number of nitrogens with zero attached hydrogens (tertiary/aromatic N) is 1. The van der Waals surface area contributed by atoms with Crippen LogP contribution in [0.3, 0.4) is 0 Å². The molecule has 0 bridgehead atoms. The Morgan fingerprint density at radius 3 is 3.00 bits per heavy atom. The molecule has 0 aromatic heterocycles. The topological polar surface area (TPSA) is 100 Å². The molecule has 1 atom stereocenters. The number of amidine groups is 1. The highest BCUT2D eigenvalue weighted by molar-refractivity contribution is 6.05. The van der Waals surface area contributed by atoms with Gasteiger partial charge < -0.3 is 22.2 Å². The first-order valence-electron chi connectivity index (χ1n) is 7.96. The summed E-state index contributed by atoms with van der Waals surface area (Å²) in [7, 11) is 1.83. The maximum absolute atomic E-state index is 8.55. The molecule has 0 amide bonds. The number of nitrogens with one attached hydrogen (secondary N) is 2. The minimum absolute atomic E-state index is 0.0124. The third-order valence-corrected chi connectivity index (χ3v) is 3.93. The van der Waals surface area contributed by atoms with Gasteiger partial charge in [-0.25, -0.2) is 0 Å². The van der Waals surface area contributed by atoms with Crippen molar-refractivity contribution in [2.45, 2.75) is 13.0 Å². The van der Waals surface area contributed by atoms with Gasteiger partial charge in [-0.3, -0.25) is 4.99 Å². The lowest BCUT2D eigenvalue weighted by atomic mass is 9.87. The van der Waals surface area contributed by atoms with Crippen LogP contribution in [0.4, 0.5) is 5.69 Å². The third-order valence-electron chi connectivity index (χ3n) is 3.93. The maximum Gasteiger partial charge on any atom is 0.108 e. The molecule has 5 nitrogen and oxygen atoms in total. The van der Waals surface area contributed by atoms with Gasteiger partial charge >= 0.3 is 0 Å². The van der Waals surface area contributed by atoms with Gasteiger partial charge in [0, 0.05) is 22.9 Å². The number of anilines is 1. The van der Waals surface area contributed by atoms with E-state index in [0.717, 1.165) is 23.1 Å². The van der Waals surface area contributed by atoms with Crippen LogP contribution < -0.4 is 16.8 Å². The molecule has 0 spiro atoms. The molecule has 0 fully saturated rings. The molecular formula is C19H25N5. The van der Waals surface area contributed by atoms with Crippen molar-refractivity contribution in [1.82, 2.24) is 5.32 Å². The summed E-state index contributed by atoms with van der Waals surface area (Å²) in [5.74, 6) is 0.570. The molecule has 0 radical (unpaired) electrons. The van der Waals surface area contributed by atoms with Crippen molar-refractivity contribution in [1.29, 1.82) is 5.41 Å². The number of rotatable bonds is 7. The van der Waals surface area contributed by atoms with Crippen molar-refractivity contribution in [3.63, 3.8) is 0 Å². The Balaban J connectivity index is 2.20. The van der Waals surface area contributed by atoms with Gasteiger partial charge in [0.25, 0.3) is 0 Å². The number of benzene rings is 1. The van der Waals surface area contributed by atoms with Gasteiger partial charge in [0.15, 0.2) is 0 Å². The second kappa shape index (κ2) is 8.26. The minimum Gasteiger partial charge on any atom is -0.398 e. The van der Waals surface area contributed by atoms with E-state index in [9.17, 15) is 0 Å². The quantitative estimate of drug-likeness (QED) is 0.352. The van der Waals surface area contributed by atoms with Crippen LogP contribution in [0.1, 0.15) is 17.5 Å². The van der Waals surface area contributed by atoms with Crippen molar-refractivity contribution in [2.75, 3.05) is 19.3 Å². The smallest absolute Gasteiger partial charge is 0.108 e. The van der Waals surface area contributed by atoms with Gasteiger partial charge in [0.2, 0.25) is 0 Å². The molecule has 0 aliphatic heterocycles. The van der Waals surface area contributed by atoms with Gasteiger partial charge in [0.1, 0.15) is 5.84 Å². The monoisotopic (exact) mass is 323 g/mol. The molecule has 0 saturated heterocycles. The summed E-state index contributed by atoms with van der Waals surface area (Å²) in [6.07, 6.45) is 8.75. The SMILES string of the molecule is C=CC1=CC(C(=N)c2cc(CN=C(N)CNC)ccc2N)CC=C1. The highest BCUT2D eigenvalue weighted by Crippen LogP contribution is 2.25. The molecule has 24 heavy (non-hydrogen) atoms. The fourth-order valence-electron chi connectivity index (χ4n) is 2.61. The van der Waals surface area contributed by atoms with E-state index in [1.54, 1.807) is 6.08 Å². The summed E-state index contributed by atoms with van der Waals surface area (Å²) in [5, 5.41) is 11.5. The Morgan fingerprint density at radius 2 is 2.29 bits per heavy atom. The van der Waals surface area contributed by atoms with Crippen LogP contribution in [0.5, 0.6) is 0 Å². The van der Waals surface area contributed by atoms with E-state index in [2.05, 4.69) is 29.0 Å². The summed E-state index contributed by atoms with van der Waals surface area (Å²) in [4.78, 5) is 4.34. The number of allylic oxidation sites excluding steroid dienone is 5. The highest BCUT2D eigenvalue weighted by Gasteiger charge is 2.17. The lowest BCUT2D eigenvalue weighted by Gasteiger charge is -2.18. The van der Waals surface area contributed by atoms with Crippen LogP contribution in [0, 0.1) is 11.3 Å². The lowest BCUT2D eigenvalue weighted by Crippen LogP contribution is -2.26. The summed E-state index contributed by atoms with van der Waals surface area (Å²) in [6.45, 7) is 4.83. The number of aliphatic imine (C=N–C) groups is 1. The molecule has 1 aromatic rings. The van der Waals surface area contributed by atoms with E-state index in [-0.39, 0.29) is 5.92 Å². The second-order valence-electron chi connectivity index (χ2n) is 5.79. The zero-order valence-electron chi connectivity index (χ0n) is 14.0. The Bertz CT molecular complexity index is 712. The highest BCUT2D eigenvalue weighted by atomic mass is 14.9. The van der Waals surface area contributed by atoms with E-state index < -0.39 is 0 Å². The number of hydrogen-bond donors (Lipinski definition) is 4. The fraction of sp³-hybridized carbons (Fsp3) is 0.263. The molecular weight excluding hydrogens is 298 g/mol. The van der Waals surface area contributed by atoms with Gasteiger partial charge in [-0.15, -0.1) is 0 Å². The number of likely N-dealkylation sites (N-methyl/N-ethyl adjacent to an activating group) is 1. The predicted molar refractivity (Wildman–Crippen MR) is 102 cm³/mol. The summed E-state index contributed by atoms with van der Waals surface area (Å²) in [5.41, 5.74) is 15.8. The Hall–Kier alpha value is -2.66. The van der Waals surface area contributed by atoms with E-state index >= 15 is 0 Å². The number of hydrogen-bond acceptors (Lipinski definition) is 4. The first kappa shape index (κ1) is 17.7. The summed E-state index contributed by atoms with van der Waals surface area (Å²) in [6, 6.07) is 5.70. The van der Waals surface area contributed by atoms with E-state index in [1.807, 2.05) is 31.3 Å². The molecule has 0 saturated carbocycles. The van der Waals surface area contributed by atoms with E-state index in [0.29, 0.717) is 30.3 Å². The van der Waals surface area contributed by atoms with Crippen LogP contribution in [0.25, 0.3) is 0 Å². The van der Waals surface area contributed by atoms with Gasteiger partial charge in [-0.2, -0.15) is 0 Å². The van der Waals surface area contributed by atoms with E-state index in [1.165, 1.54) is 0 Å². The van der Waals surface area contributed by atoms with Crippen LogP contribution in [-0.2, 0) is 6.54 Å². The molecule has 1 unspecified atom stereocenters. The summed E-state index contributed by atoms with van der Waals surface area (Å²) < 4.78 is 0. The first-order chi connectivity index (χ1) is 11.5. The van der Waals surface area contributed by atoms with Gasteiger partial charge in [-0.05, 0) is 36.7 Å².